The number of Topliss-reactive ketones (excluding diaryl/α,β-unsaturated/α-hetero) is 1. The lowest BCUT2D eigenvalue weighted by Gasteiger charge is -2.02. The maximum Gasteiger partial charge on any atom is 0.333 e. The molecular weight excluding hydrogens is 382 g/mol. The summed E-state index contributed by atoms with van der Waals surface area (Å²) in [6, 6.07) is 10.7. The molecule has 27 heavy (non-hydrogen) atoms. The first kappa shape index (κ1) is 19.0. The number of esters is 1. The van der Waals surface area contributed by atoms with Crippen LogP contribution < -0.4 is 14.8 Å². The van der Waals surface area contributed by atoms with E-state index in [-0.39, 0.29) is 24.5 Å². The lowest BCUT2D eigenvalue weighted by atomic mass is 10.1. The van der Waals surface area contributed by atoms with Crippen molar-refractivity contribution in [2.75, 3.05) is 6.61 Å². The van der Waals surface area contributed by atoms with E-state index in [4.69, 9.17) is 4.74 Å². The summed E-state index contributed by atoms with van der Waals surface area (Å²) in [6.45, 7) is 1.81. The SMILES string of the molecule is CCOC(=O)/C=c1\s/c(=C\c2ccsc2)c(=O)n1CC(=O)c1ccccc1. The Morgan fingerprint density at radius 1 is 1.19 bits per heavy atom. The third-order valence-electron chi connectivity index (χ3n) is 3.70. The van der Waals surface area contributed by atoms with Crippen LogP contribution in [0.4, 0.5) is 0 Å². The maximum absolute atomic E-state index is 12.8. The van der Waals surface area contributed by atoms with E-state index in [1.165, 1.54) is 33.3 Å². The van der Waals surface area contributed by atoms with Crippen LogP contribution in [0.2, 0.25) is 0 Å². The molecule has 0 bridgehead atoms. The molecule has 0 radical (unpaired) electrons. The van der Waals surface area contributed by atoms with Crippen molar-refractivity contribution in [3.05, 3.63) is 77.8 Å². The van der Waals surface area contributed by atoms with Gasteiger partial charge in [0, 0.05) is 5.56 Å². The molecule has 0 atom stereocenters. The second kappa shape index (κ2) is 8.75. The van der Waals surface area contributed by atoms with Crippen molar-refractivity contribution in [3.8, 4) is 0 Å². The molecule has 0 fully saturated rings. The molecule has 0 amide bonds. The van der Waals surface area contributed by atoms with Crippen LogP contribution in [-0.4, -0.2) is 22.9 Å². The van der Waals surface area contributed by atoms with Gasteiger partial charge in [-0.2, -0.15) is 11.3 Å². The Bertz CT molecular complexity index is 1110. The minimum atomic E-state index is -0.540. The summed E-state index contributed by atoms with van der Waals surface area (Å²) in [4.78, 5) is 37.3. The number of nitrogens with zero attached hydrogens (tertiary/aromatic N) is 1. The summed E-state index contributed by atoms with van der Waals surface area (Å²) in [7, 11) is 0. The molecular formula is C20H17NO4S2. The molecule has 0 unspecified atom stereocenters. The lowest BCUT2D eigenvalue weighted by molar-refractivity contribution is -0.135. The summed E-state index contributed by atoms with van der Waals surface area (Å²) >= 11 is 2.70. The number of hydrogen-bond acceptors (Lipinski definition) is 6. The van der Waals surface area contributed by atoms with Crippen molar-refractivity contribution in [1.82, 2.24) is 4.57 Å². The zero-order valence-electron chi connectivity index (χ0n) is 14.6. The highest BCUT2D eigenvalue weighted by Gasteiger charge is 2.12. The highest BCUT2D eigenvalue weighted by atomic mass is 32.1. The number of rotatable bonds is 6. The monoisotopic (exact) mass is 399 g/mol. The van der Waals surface area contributed by atoms with Gasteiger partial charge in [-0.1, -0.05) is 30.3 Å². The summed E-state index contributed by atoms with van der Waals surface area (Å²) in [6.07, 6.45) is 3.02. The van der Waals surface area contributed by atoms with E-state index in [1.807, 2.05) is 22.9 Å². The molecule has 0 N–H and O–H groups in total. The van der Waals surface area contributed by atoms with Gasteiger partial charge in [-0.15, -0.1) is 11.3 Å². The fourth-order valence-corrected chi connectivity index (χ4v) is 4.09. The quantitative estimate of drug-likeness (QED) is 0.470. The van der Waals surface area contributed by atoms with E-state index in [2.05, 4.69) is 0 Å². The Hall–Kier alpha value is -2.77. The standard InChI is InChI=1S/C20H17NO4S2/c1-2-25-19(23)11-18-21(12-16(22)15-6-4-3-5-7-15)20(24)17(27-18)10-14-8-9-26-13-14/h3-11,13H,2,12H2,1H3/b17-10-,18-11-. The number of thiazole rings is 1. The van der Waals surface area contributed by atoms with E-state index in [0.29, 0.717) is 14.8 Å². The number of carbonyl (C=O) groups is 2. The first-order valence-electron chi connectivity index (χ1n) is 8.28. The zero-order chi connectivity index (χ0) is 19.2. The van der Waals surface area contributed by atoms with E-state index in [9.17, 15) is 14.4 Å². The first-order valence-corrected chi connectivity index (χ1v) is 10.0. The summed E-state index contributed by atoms with van der Waals surface area (Å²) in [5, 5.41) is 3.84. The number of thiophene rings is 1. The van der Waals surface area contributed by atoms with Gasteiger partial charge in [-0.05, 0) is 35.4 Å². The Kier molecular flexibility index (Phi) is 6.16. The van der Waals surface area contributed by atoms with Crippen LogP contribution in [0.5, 0.6) is 0 Å². The number of benzene rings is 1. The molecule has 0 aliphatic carbocycles. The molecule has 138 valence electrons. The fraction of sp³-hybridized carbons (Fsp3) is 0.150. The molecule has 3 rings (SSSR count). The van der Waals surface area contributed by atoms with Crippen molar-refractivity contribution in [1.29, 1.82) is 0 Å². The Labute approximate surface area is 163 Å². The fourth-order valence-electron chi connectivity index (χ4n) is 2.44. The van der Waals surface area contributed by atoms with Crippen molar-refractivity contribution < 1.29 is 14.3 Å². The molecule has 0 saturated carbocycles. The average molecular weight is 399 g/mol. The van der Waals surface area contributed by atoms with Crippen LogP contribution >= 0.6 is 22.7 Å². The summed E-state index contributed by atoms with van der Waals surface area (Å²) in [5.74, 6) is -0.738. The van der Waals surface area contributed by atoms with Gasteiger partial charge in [0.05, 0.1) is 23.8 Å². The van der Waals surface area contributed by atoms with Crippen LogP contribution in [0.1, 0.15) is 22.8 Å². The van der Waals surface area contributed by atoms with Crippen LogP contribution in [-0.2, 0) is 16.1 Å². The number of aromatic nitrogens is 1. The van der Waals surface area contributed by atoms with Crippen LogP contribution in [0, 0.1) is 0 Å². The van der Waals surface area contributed by atoms with E-state index in [0.717, 1.165) is 5.56 Å². The van der Waals surface area contributed by atoms with E-state index >= 15 is 0 Å². The number of hydrogen-bond donors (Lipinski definition) is 0. The van der Waals surface area contributed by atoms with Crippen molar-refractivity contribution >= 4 is 46.6 Å². The Morgan fingerprint density at radius 2 is 1.96 bits per heavy atom. The van der Waals surface area contributed by atoms with Gasteiger partial charge in [0.2, 0.25) is 0 Å². The topological polar surface area (TPSA) is 65.4 Å². The van der Waals surface area contributed by atoms with Crippen molar-refractivity contribution in [2.45, 2.75) is 13.5 Å². The van der Waals surface area contributed by atoms with Gasteiger partial charge in [0.25, 0.3) is 5.56 Å². The van der Waals surface area contributed by atoms with Gasteiger partial charge < -0.3 is 4.74 Å². The van der Waals surface area contributed by atoms with Crippen LogP contribution in [0.15, 0.2) is 52.0 Å². The second-order valence-electron chi connectivity index (χ2n) is 5.58. The zero-order valence-corrected chi connectivity index (χ0v) is 16.2. The van der Waals surface area contributed by atoms with E-state index < -0.39 is 5.97 Å². The molecule has 5 nitrogen and oxygen atoms in total. The Morgan fingerprint density at radius 3 is 2.63 bits per heavy atom. The minimum absolute atomic E-state index is 0.137. The minimum Gasteiger partial charge on any atom is -0.463 e. The van der Waals surface area contributed by atoms with Gasteiger partial charge in [0.15, 0.2) is 5.78 Å². The molecule has 0 aliphatic heterocycles. The summed E-state index contributed by atoms with van der Waals surface area (Å²) in [5.41, 5.74) is 1.12. The largest absolute Gasteiger partial charge is 0.463 e. The number of ether oxygens (including phenoxy) is 1. The highest BCUT2D eigenvalue weighted by Crippen LogP contribution is 2.06. The van der Waals surface area contributed by atoms with Crippen molar-refractivity contribution in [2.24, 2.45) is 0 Å². The van der Waals surface area contributed by atoms with Gasteiger partial charge in [-0.25, -0.2) is 4.79 Å². The predicted molar refractivity (Wildman–Crippen MR) is 108 cm³/mol. The highest BCUT2D eigenvalue weighted by molar-refractivity contribution is 7.08. The van der Waals surface area contributed by atoms with Gasteiger partial charge >= 0.3 is 5.97 Å². The molecule has 1 aromatic carbocycles. The molecule has 0 aliphatic rings. The predicted octanol–water partition coefficient (Wildman–Crippen LogP) is 2.03. The summed E-state index contributed by atoms with van der Waals surface area (Å²) < 4.78 is 7.13. The van der Waals surface area contributed by atoms with Gasteiger partial charge in [-0.3, -0.25) is 14.2 Å². The van der Waals surface area contributed by atoms with Crippen LogP contribution in [0.3, 0.4) is 0 Å². The third kappa shape index (κ3) is 4.69. The van der Waals surface area contributed by atoms with Crippen LogP contribution in [0.25, 0.3) is 12.2 Å². The average Bonchev–Trinajstić information content (AvgIpc) is 3.27. The number of ketones is 1. The van der Waals surface area contributed by atoms with E-state index in [1.54, 1.807) is 37.3 Å². The molecule has 0 saturated heterocycles. The smallest absolute Gasteiger partial charge is 0.333 e. The molecule has 3 aromatic rings. The lowest BCUT2D eigenvalue weighted by Crippen LogP contribution is -2.34. The maximum atomic E-state index is 12.8. The number of carbonyl (C=O) groups excluding carboxylic acids is 2. The molecule has 7 heteroatoms. The van der Waals surface area contributed by atoms with Gasteiger partial charge in [0.1, 0.15) is 4.66 Å². The first-order chi connectivity index (χ1) is 13.1. The molecule has 2 aromatic heterocycles. The molecule has 2 heterocycles. The Balaban J connectivity index is 2.07. The third-order valence-corrected chi connectivity index (χ3v) is 5.46. The molecule has 0 spiro atoms. The second-order valence-corrected chi connectivity index (χ2v) is 7.42. The normalized spacial score (nSPS) is 12.3. The van der Waals surface area contributed by atoms with Crippen molar-refractivity contribution in [3.63, 3.8) is 0 Å².